The van der Waals surface area contributed by atoms with E-state index in [0.717, 1.165) is 36.9 Å². The summed E-state index contributed by atoms with van der Waals surface area (Å²) in [6.45, 7) is 3.95. The number of aromatic nitrogens is 2. The minimum Gasteiger partial charge on any atom is -0.387 e. The first-order chi connectivity index (χ1) is 14.7. The molecule has 1 saturated carbocycles. The molecule has 2 aromatic rings. The van der Waals surface area contributed by atoms with Crippen LogP contribution in [0.1, 0.15) is 61.5 Å². The van der Waals surface area contributed by atoms with Crippen molar-refractivity contribution in [2.45, 2.75) is 70.7 Å². The molecule has 170 valence electrons. The van der Waals surface area contributed by atoms with Crippen molar-refractivity contribution in [2.75, 3.05) is 6.54 Å². The fraction of sp³-hybridized carbons (Fsp3) is 0.565. The van der Waals surface area contributed by atoms with Crippen molar-refractivity contribution in [3.05, 3.63) is 40.5 Å². The summed E-state index contributed by atoms with van der Waals surface area (Å²) in [5.74, 6) is -0.326. The lowest BCUT2D eigenvalue weighted by atomic mass is 9.98. The van der Waals surface area contributed by atoms with Gasteiger partial charge in [-0.1, -0.05) is 43.4 Å². The van der Waals surface area contributed by atoms with Crippen LogP contribution in [-0.4, -0.2) is 44.3 Å². The molecule has 0 aliphatic heterocycles. The third kappa shape index (κ3) is 6.07. The Morgan fingerprint density at radius 1 is 1.32 bits per heavy atom. The molecule has 1 amide bonds. The van der Waals surface area contributed by atoms with Gasteiger partial charge in [0.05, 0.1) is 28.4 Å². The molecule has 0 bridgehead atoms. The Balaban J connectivity index is 1.78. The number of benzene rings is 1. The second-order valence-electron chi connectivity index (χ2n) is 8.89. The lowest BCUT2D eigenvalue weighted by molar-refractivity contribution is 0.0465. The van der Waals surface area contributed by atoms with Gasteiger partial charge >= 0.3 is 0 Å². The van der Waals surface area contributed by atoms with E-state index in [9.17, 15) is 15.0 Å². The maximum atomic E-state index is 12.9. The second kappa shape index (κ2) is 10.1. The summed E-state index contributed by atoms with van der Waals surface area (Å²) in [6, 6.07) is 7.03. The standard InChI is InChI=1S/C23H33ClN4O3/c1-15-11-20(27-28(15)14-23(2,31)13-25)17-9-10-19(24)18(12-17)22(30)26-21(29)16-7-5-3-4-6-8-16/h9-12,16,21,29,31H,3-8,13-14,25H2,1-2H3,(H,26,30). The molecule has 0 radical (unpaired) electrons. The molecular formula is C23H33ClN4O3. The van der Waals surface area contributed by atoms with Crippen molar-refractivity contribution >= 4 is 17.5 Å². The van der Waals surface area contributed by atoms with Crippen molar-refractivity contribution in [3.63, 3.8) is 0 Å². The van der Waals surface area contributed by atoms with Gasteiger partial charge in [-0.15, -0.1) is 0 Å². The van der Waals surface area contributed by atoms with E-state index in [0.29, 0.717) is 16.3 Å². The van der Waals surface area contributed by atoms with Crippen LogP contribution in [-0.2, 0) is 6.54 Å². The van der Waals surface area contributed by atoms with E-state index in [2.05, 4.69) is 10.4 Å². The molecule has 31 heavy (non-hydrogen) atoms. The third-order valence-corrected chi connectivity index (χ3v) is 6.37. The molecule has 2 atom stereocenters. The van der Waals surface area contributed by atoms with E-state index in [1.54, 1.807) is 29.8 Å². The minimum absolute atomic E-state index is 0.0714. The number of aliphatic hydroxyl groups is 2. The van der Waals surface area contributed by atoms with E-state index in [-0.39, 0.29) is 19.0 Å². The smallest absolute Gasteiger partial charge is 0.254 e. The van der Waals surface area contributed by atoms with Gasteiger partial charge in [0.15, 0.2) is 0 Å². The molecular weight excluding hydrogens is 416 g/mol. The van der Waals surface area contributed by atoms with Gasteiger partial charge in [-0.25, -0.2) is 0 Å². The fourth-order valence-corrected chi connectivity index (χ4v) is 4.22. The number of carbonyl (C=O) groups is 1. The Labute approximate surface area is 188 Å². The number of nitrogens with two attached hydrogens (primary N) is 1. The molecule has 0 spiro atoms. The number of carbonyl (C=O) groups excluding carboxylic acids is 1. The molecule has 1 aromatic heterocycles. The predicted octanol–water partition coefficient (Wildman–Crippen LogP) is 3.24. The summed E-state index contributed by atoms with van der Waals surface area (Å²) in [6.07, 6.45) is 5.46. The van der Waals surface area contributed by atoms with Gasteiger partial charge in [-0.3, -0.25) is 9.48 Å². The van der Waals surface area contributed by atoms with Crippen molar-refractivity contribution in [1.29, 1.82) is 0 Å². The van der Waals surface area contributed by atoms with Crippen LogP contribution in [0.5, 0.6) is 0 Å². The topological polar surface area (TPSA) is 113 Å². The fourth-order valence-electron chi connectivity index (χ4n) is 4.01. The molecule has 5 N–H and O–H groups in total. The molecule has 1 aromatic carbocycles. The first-order valence-corrected chi connectivity index (χ1v) is 11.3. The van der Waals surface area contributed by atoms with Crippen LogP contribution < -0.4 is 11.1 Å². The van der Waals surface area contributed by atoms with Crippen LogP contribution in [0.2, 0.25) is 5.02 Å². The lowest BCUT2D eigenvalue weighted by Gasteiger charge is -2.22. The summed E-state index contributed by atoms with van der Waals surface area (Å²) in [7, 11) is 0. The average molecular weight is 449 g/mol. The first kappa shape index (κ1) is 23.7. The number of amides is 1. The summed E-state index contributed by atoms with van der Waals surface area (Å²) in [4.78, 5) is 12.9. The Bertz CT molecular complexity index is 904. The molecule has 8 heteroatoms. The molecule has 3 rings (SSSR count). The Kier molecular flexibility index (Phi) is 7.75. The van der Waals surface area contributed by atoms with Crippen LogP contribution in [0.15, 0.2) is 24.3 Å². The summed E-state index contributed by atoms with van der Waals surface area (Å²) in [5.41, 5.74) is 7.13. The molecule has 7 nitrogen and oxygen atoms in total. The monoisotopic (exact) mass is 448 g/mol. The predicted molar refractivity (Wildman–Crippen MR) is 122 cm³/mol. The van der Waals surface area contributed by atoms with Gasteiger partial charge in [0.2, 0.25) is 0 Å². The maximum absolute atomic E-state index is 12.9. The number of nitrogens with zero attached hydrogens (tertiary/aromatic N) is 2. The highest BCUT2D eigenvalue weighted by atomic mass is 35.5. The van der Waals surface area contributed by atoms with Crippen LogP contribution in [0.3, 0.4) is 0 Å². The van der Waals surface area contributed by atoms with Crippen LogP contribution in [0.25, 0.3) is 11.3 Å². The first-order valence-electron chi connectivity index (χ1n) is 11.0. The summed E-state index contributed by atoms with van der Waals surface area (Å²) >= 11 is 6.30. The van der Waals surface area contributed by atoms with Crippen molar-refractivity contribution in [1.82, 2.24) is 15.1 Å². The number of aryl methyl sites for hydroxylation is 1. The normalized spacial score (nSPS) is 18.3. The van der Waals surface area contributed by atoms with E-state index in [4.69, 9.17) is 17.3 Å². The van der Waals surface area contributed by atoms with Gasteiger partial charge in [-0.05, 0) is 44.9 Å². The molecule has 0 saturated heterocycles. The molecule has 1 aliphatic carbocycles. The van der Waals surface area contributed by atoms with E-state index >= 15 is 0 Å². The molecule has 1 aliphatic rings. The third-order valence-electron chi connectivity index (χ3n) is 6.04. The van der Waals surface area contributed by atoms with E-state index in [1.807, 2.05) is 13.0 Å². The van der Waals surface area contributed by atoms with Crippen LogP contribution >= 0.6 is 11.6 Å². The van der Waals surface area contributed by atoms with Gasteiger partial charge in [0.25, 0.3) is 5.91 Å². The summed E-state index contributed by atoms with van der Waals surface area (Å²) in [5, 5.41) is 28.4. The number of nitrogens with one attached hydrogen (secondary N) is 1. The Morgan fingerprint density at radius 3 is 2.65 bits per heavy atom. The number of aliphatic hydroxyl groups excluding tert-OH is 1. The Hall–Kier alpha value is -1.93. The van der Waals surface area contributed by atoms with Gasteiger partial charge < -0.3 is 21.3 Å². The number of hydrogen-bond donors (Lipinski definition) is 4. The highest BCUT2D eigenvalue weighted by Crippen LogP contribution is 2.27. The summed E-state index contributed by atoms with van der Waals surface area (Å²) < 4.78 is 1.70. The highest BCUT2D eigenvalue weighted by molar-refractivity contribution is 6.34. The largest absolute Gasteiger partial charge is 0.387 e. The number of halogens is 1. The van der Waals surface area contributed by atoms with Gasteiger partial charge in [-0.2, -0.15) is 5.10 Å². The molecule has 1 heterocycles. The Morgan fingerprint density at radius 2 is 2.00 bits per heavy atom. The maximum Gasteiger partial charge on any atom is 0.254 e. The zero-order chi connectivity index (χ0) is 22.6. The van der Waals surface area contributed by atoms with E-state index < -0.39 is 17.7 Å². The van der Waals surface area contributed by atoms with E-state index in [1.165, 1.54) is 12.8 Å². The zero-order valence-corrected chi connectivity index (χ0v) is 19.0. The van der Waals surface area contributed by atoms with Crippen molar-refractivity contribution < 1.29 is 15.0 Å². The number of rotatable bonds is 7. The second-order valence-corrected chi connectivity index (χ2v) is 9.30. The SMILES string of the molecule is Cc1cc(-c2ccc(Cl)c(C(=O)NC(O)C3CCCCCC3)c2)nn1CC(C)(O)CN. The van der Waals surface area contributed by atoms with Crippen molar-refractivity contribution in [2.24, 2.45) is 11.7 Å². The van der Waals surface area contributed by atoms with Crippen molar-refractivity contribution in [3.8, 4) is 11.3 Å². The van der Waals surface area contributed by atoms with Gasteiger partial charge in [0, 0.05) is 23.7 Å². The van der Waals surface area contributed by atoms with Gasteiger partial charge in [0.1, 0.15) is 6.23 Å². The molecule has 1 fully saturated rings. The lowest BCUT2D eigenvalue weighted by Crippen LogP contribution is -2.40. The average Bonchev–Trinajstić information content (AvgIpc) is 2.93. The minimum atomic E-state index is -1.06. The zero-order valence-electron chi connectivity index (χ0n) is 18.3. The molecule has 2 unspecified atom stereocenters. The van der Waals surface area contributed by atoms with Crippen LogP contribution in [0.4, 0.5) is 0 Å². The quantitative estimate of drug-likeness (QED) is 0.383. The highest BCUT2D eigenvalue weighted by Gasteiger charge is 2.24. The number of hydrogen-bond acceptors (Lipinski definition) is 5. The van der Waals surface area contributed by atoms with Crippen LogP contribution in [0, 0.1) is 12.8 Å².